The van der Waals surface area contributed by atoms with E-state index in [1.54, 1.807) is 0 Å². The highest BCUT2D eigenvalue weighted by molar-refractivity contribution is 5.69. The highest BCUT2D eigenvalue weighted by Gasteiger charge is 2.52. The Hall–Kier alpha value is -3.85. The van der Waals surface area contributed by atoms with Crippen LogP contribution in [0.3, 0.4) is 0 Å². The van der Waals surface area contributed by atoms with Crippen LogP contribution in [-0.2, 0) is 59.6 Å². The molecular formula is C58H82O7. The first-order chi connectivity index (χ1) is 32.1. The highest BCUT2D eigenvalue weighted by atomic mass is 16.7. The lowest BCUT2D eigenvalue weighted by molar-refractivity contribution is -0.337. The van der Waals surface area contributed by atoms with Crippen LogP contribution in [0.1, 0.15) is 171 Å². The third-order valence-electron chi connectivity index (χ3n) is 12.6. The first-order valence-corrected chi connectivity index (χ1v) is 25.6. The fourth-order valence-electron chi connectivity index (χ4n) is 8.81. The molecule has 7 nitrogen and oxygen atoms in total. The normalized spacial score (nSPS) is 19.0. The third kappa shape index (κ3) is 20.7. The van der Waals surface area contributed by atoms with Crippen molar-refractivity contribution >= 4 is 5.97 Å². The van der Waals surface area contributed by atoms with E-state index in [0.29, 0.717) is 39.3 Å². The predicted molar refractivity (Wildman–Crippen MR) is 263 cm³/mol. The molecule has 0 amide bonds. The molecule has 7 heteroatoms. The van der Waals surface area contributed by atoms with Gasteiger partial charge in [-0.15, -0.1) is 0 Å². The summed E-state index contributed by atoms with van der Waals surface area (Å²) in [6.45, 7) is 5.82. The molecule has 0 saturated carbocycles. The first-order valence-electron chi connectivity index (χ1n) is 25.6. The fraction of sp³-hybridized carbons (Fsp3) is 0.569. The zero-order chi connectivity index (χ0) is 45.4. The van der Waals surface area contributed by atoms with E-state index in [4.69, 9.17) is 28.4 Å². The first kappa shape index (κ1) is 52.1. The van der Waals surface area contributed by atoms with Crippen molar-refractivity contribution in [3.8, 4) is 0 Å². The number of benzene rings is 4. The Morgan fingerprint density at radius 1 is 0.431 bits per heavy atom. The fourth-order valence-corrected chi connectivity index (χ4v) is 8.81. The Balaban J connectivity index is 1.36. The molecule has 356 valence electrons. The van der Waals surface area contributed by atoms with E-state index in [-0.39, 0.29) is 5.97 Å². The average Bonchev–Trinajstić information content (AvgIpc) is 3.35. The number of esters is 1. The molecule has 65 heavy (non-hydrogen) atoms. The average molecular weight is 891 g/mol. The van der Waals surface area contributed by atoms with Gasteiger partial charge in [0.1, 0.15) is 30.5 Å². The smallest absolute Gasteiger partial charge is 0.306 e. The molecule has 4 aromatic carbocycles. The van der Waals surface area contributed by atoms with Crippen molar-refractivity contribution in [3.63, 3.8) is 0 Å². The summed E-state index contributed by atoms with van der Waals surface area (Å²) in [5, 5.41) is 0. The summed E-state index contributed by atoms with van der Waals surface area (Å²) in [4.78, 5) is 14.0. The Kier molecular flexibility index (Phi) is 26.3. The van der Waals surface area contributed by atoms with Gasteiger partial charge in [-0.25, -0.2) is 0 Å². The van der Waals surface area contributed by atoms with Gasteiger partial charge in [0.2, 0.25) is 0 Å². The van der Waals surface area contributed by atoms with E-state index in [9.17, 15) is 4.79 Å². The van der Waals surface area contributed by atoms with Crippen LogP contribution in [0.25, 0.3) is 0 Å². The van der Waals surface area contributed by atoms with Gasteiger partial charge in [0.25, 0.3) is 0 Å². The van der Waals surface area contributed by atoms with Crippen LogP contribution in [0.2, 0.25) is 0 Å². The van der Waals surface area contributed by atoms with Gasteiger partial charge in [-0.05, 0) is 41.5 Å². The Labute approximate surface area is 393 Å². The number of hydrogen-bond acceptors (Lipinski definition) is 7. The lowest BCUT2D eigenvalue weighted by Crippen LogP contribution is -2.63. The highest BCUT2D eigenvalue weighted by Crippen LogP contribution is 2.35. The third-order valence-corrected chi connectivity index (χ3v) is 12.6. The molecule has 1 fully saturated rings. The molecule has 0 aromatic heterocycles. The van der Waals surface area contributed by atoms with Crippen LogP contribution in [-0.4, -0.2) is 42.8 Å². The second-order valence-corrected chi connectivity index (χ2v) is 18.1. The van der Waals surface area contributed by atoms with Crippen molar-refractivity contribution in [2.75, 3.05) is 0 Å². The number of ether oxygens (including phenoxy) is 6. The number of carbonyl (C=O) groups excluding carboxylic acids is 1. The minimum Gasteiger partial charge on any atom is -0.459 e. The number of unbranched alkanes of at least 4 members (excludes halogenated alkanes) is 17. The standard InChI is InChI=1S/C58H82O7/c1-3-5-7-9-11-12-13-14-15-16-17-19-33-43-53(59)64-52(42-32-18-10-8-6-4-2)54-55(60-44-48-34-24-20-25-35-48)56(61-45-49-36-26-21-27-37-49)57(62-46-50-38-28-22-29-39-50)58(65-54)63-47-51-40-30-23-31-41-51/h20-31,34-41,52,54-58H,3-19,32-33,42-47H2,1-2H3/t52?,54-,55-,56+,57-,58-/m1/s1. The Morgan fingerprint density at radius 3 is 1.22 bits per heavy atom. The van der Waals surface area contributed by atoms with Gasteiger partial charge in [-0.1, -0.05) is 244 Å². The summed E-state index contributed by atoms with van der Waals surface area (Å²) in [7, 11) is 0. The molecule has 1 heterocycles. The molecule has 0 radical (unpaired) electrons. The van der Waals surface area contributed by atoms with Gasteiger partial charge in [-0.3, -0.25) is 4.79 Å². The van der Waals surface area contributed by atoms with E-state index >= 15 is 0 Å². The van der Waals surface area contributed by atoms with E-state index in [2.05, 4.69) is 62.4 Å². The maximum absolute atomic E-state index is 14.0. The lowest BCUT2D eigenvalue weighted by atomic mass is 9.91. The quantitative estimate of drug-likeness (QED) is 0.0336. The molecule has 0 bridgehead atoms. The van der Waals surface area contributed by atoms with Crippen molar-refractivity contribution in [1.29, 1.82) is 0 Å². The molecule has 0 spiro atoms. The minimum absolute atomic E-state index is 0.180. The summed E-state index contributed by atoms with van der Waals surface area (Å²) in [6.07, 6.45) is 20.1. The van der Waals surface area contributed by atoms with Crippen LogP contribution in [0.4, 0.5) is 0 Å². The van der Waals surface area contributed by atoms with Gasteiger partial charge in [-0.2, -0.15) is 0 Å². The summed E-state index contributed by atoms with van der Waals surface area (Å²) >= 11 is 0. The monoisotopic (exact) mass is 891 g/mol. The summed E-state index contributed by atoms with van der Waals surface area (Å²) < 4.78 is 41.4. The maximum Gasteiger partial charge on any atom is 0.306 e. The molecule has 1 aliphatic heterocycles. The number of hydrogen-bond donors (Lipinski definition) is 0. The summed E-state index contributed by atoms with van der Waals surface area (Å²) in [6, 6.07) is 40.7. The molecular weight excluding hydrogens is 809 g/mol. The van der Waals surface area contributed by atoms with Gasteiger partial charge in [0.15, 0.2) is 6.29 Å². The molecule has 0 aliphatic carbocycles. The zero-order valence-corrected chi connectivity index (χ0v) is 40.0. The van der Waals surface area contributed by atoms with Crippen LogP contribution >= 0.6 is 0 Å². The van der Waals surface area contributed by atoms with Crippen LogP contribution in [0.5, 0.6) is 0 Å². The summed E-state index contributed by atoms with van der Waals surface area (Å²) in [5.74, 6) is -0.180. The maximum atomic E-state index is 14.0. The van der Waals surface area contributed by atoms with Crippen molar-refractivity contribution in [1.82, 2.24) is 0 Å². The van der Waals surface area contributed by atoms with Gasteiger partial charge in [0.05, 0.1) is 26.4 Å². The summed E-state index contributed by atoms with van der Waals surface area (Å²) in [5.41, 5.74) is 4.12. The molecule has 4 aromatic rings. The Morgan fingerprint density at radius 2 is 0.785 bits per heavy atom. The van der Waals surface area contributed by atoms with E-state index in [1.165, 1.54) is 83.5 Å². The molecule has 0 N–H and O–H groups in total. The van der Waals surface area contributed by atoms with Gasteiger partial charge in [0, 0.05) is 6.42 Å². The molecule has 6 atom stereocenters. The second kappa shape index (κ2) is 32.8. The van der Waals surface area contributed by atoms with Crippen LogP contribution < -0.4 is 0 Å². The van der Waals surface area contributed by atoms with Crippen molar-refractivity contribution in [3.05, 3.63) is 144 Å². The van der Waals surface area contributed by atoms with Crippen LogP contribution in [0, 0.1) is 0 Å². The van der Waals surface area contributed by atoms with Crippen molar-refractivity contribution < 1.29 is 33.2 Å². The second-order valence-electron chi connectivity index (χ2n) is 18.1. The van der Waals surface area contributed by atoms with E-state index in [1.807, 2.05) is 72.8 Å². The van der Waals surface area contributed by atoms with Crippen molar-refractivity contribution in [2.45, 2.75) is 212 Å². The predicted octanol–water partition coefficient (Wildman–Crippen LogP) is 14.8. The topological polar surface area (TPSA) is 72.5 Å². The Bertz CT molecular complexity index is 1740. The SMILES string of the molecule is CCCCCCCCCCCCCCCC(=O)OC(CCCCCCCC)[C@H]1O[C@@H](OCc2ccccc2)[C@H](OCc2ccccc2)[C@@H](OCc2ccccc2)[C@@H]1OCc1ccccc1. The van der Waals surface area contributed by atoms with Gasteiger partial charge >= 0.3 is 5.97 Å². The molecule has 5 rings (SSSR count). The molecule has 1 aliphatic rings. The zero-order valence-electron chi connectivity index (χ0n) is 40.0. The number of carbonyl (C=O) groups is 1. The van der Waals surface area contributed by atoms with E-state index in [0.717, 1.165) is 60.8 Å². The number of rotatable bonds is 35. The van der Waals surface area contributed by atoms with Crippen LogP contribution in [0.15, 0.2) is 121 Å². The van der Waals surface area contributed by atoms with Gasteiger partial charge < -0.3 is 28.4 Å². The molecule has 1 saturated heterocycles. The van der Waals surface area contributed by atoms with E-state index < -0.39 is 36.8 Å². The minimum atomic E-state index is -0.840. The van der Waals surface area contributed by atoms with Crippen molar-refractivity contribution in [2.24, 2.45) is 0 Å². The molecule has 1 unspecified atom stereocenters. The largest absolute Gasteiger partial charge is 0.459 e. The lowest BCUT2D eigenvalue weighted by Gasteiger charge is -2.47.